The third kappa shape index (κ3) is 3.67. The number of nitrogens with two attached hydrogens (primary N) is 1. The Hall–Kier alpha value is -2.94. The minimum Gasteiger partial charge on any atom is -0.481 e. The Balaban J connectivity index is 2.60. The maximum atomic E-state index is 12.2. The summed E-state index contributed by atoms with van der Waals surface area (Å²) in [5, 5.41) is 28.4. The van der Waals surface area contributed by atoms with E-state index in [2.05, 4.69) is 4.84 Å². The van der Waals surface area contributed by atoms with Crippen LogP contribution in [0.1, 0.15) is 30.7 Å². The molecule has 0 radical (unpaired) electrons. The molecule has 1 aromatic rings. The predicted molar refractivity (Wildman–Crippen MR) is 85.6 cm³/mol. The van der Waals surface area contributed by atoms with E-state index in [-0.39, 0.29) is 6.42 Å². The van der Waals surface area contributed by atoms with Gasteiger partial charge in [-0.15, -0.1) is 0 Å². The van der Waals surface area contributed by atoms with Gasteiger partial charge >= 0.3 is 23.9 Å². The molecule has 1 aliphatic rings. The van der Waals surface area contributed by atoms with Crippen LogP contribution in [0.5, 0.6) is 0 Å². The minimum absolute atomic E-state index is 0.220. The largest absolute Gasteiger partial charge is 0.481 e. The second kappa shape index (κ2) is 7.52. The van der Waals surface area contributed by atoms with E-state index in [1.54, 1.807) is 30.3 Å². The van der Waals surface area contributed by atoms with Crippen LogP contribution in [0, 0.1) is 17.3 Å². The Morgan fingerprint density at radius 2 is 1.69 bits per heavy atom. The first-order valence-electron chi connectivity index (χ1n) is 7.85. The first kappa shape index (κ1) is 19.4. The van der Waals surface area contributed by atoms with Crippen LogP contribution in [0.15, 0.2) is 30.3 Å². The molecule has 0 aromatic heterocycles. The first-order valence-corrected chi connectivity index (χ1v) is 7.85. The molecule has 1 aromatic carbocycles. The van der Waals surface area contributed by atoms with Crippen molar-refractivity contribution < 1.29 is 39.3 Å². The van der Waals surface area contributed by atoms with E-state index in [9.17, 15) is 29.4 Å². The molecule has 4 atom stereocenters. The van der Waals surface area contributed by atoms with Gasteiger partial charge in [-0.1, -0.05) is 30.3 Å². The number of aliphatic carboxylic acids is 3. The van der Waals surface area contributed by atoms with Crippen molar-refractivity contribution in [3.05, 3.63) is 35.9 Å². The summed E-state index contributed by atoms with van der Waals surface area (Å²) in [6.45, 7) is 0. The molecule has 1 aliphatic carbocycles. The quantitative estimate of drug-likeness (QED) is 0.535. The number of carboxylic acid groups (broad SMARTS) is 3. The maximum absolute atomic E-state index is 12.2. The number of carbonyl (C=O) groups excluding carboxylic acids is 1. The summed E-state index contributed by atoms with van der Waals surface area (Å²) in [5.41, 5.74) is -1.30. The molecule has 0 spiro atoms. The van der Waals surface area contributed by atoms with Crippen LogP contribution in [0.3, 0.4) is 0 Å². The van der Waals surface area contributed by atoms with Crippen molar-refractivity contribution in [2.24, 2.45) is 23.1 Å². The predicted octanol–water partition coefficient (Wildman–Crippen LogP) is 0.844. The molecule has 4 unspecified atom stereocenters. The van der Waals surface area contributed by atoms with Crippen LogP contribution < -0.4 is 5.90 Å². The zero-order valence-electron chi connectivity index (χ0n) is 13.7. The molecule has 1 saturated carbocycles. The van der Waals surface area contributed by atoms with E-state index in [0.29, 0.717) is 5.56 Å². The van der Waals surface area contributed by atoms with E-state index in [1.165, 1.54) is 0 Å². The van der Waals surface area contributed by atoms with Crippen molar-refractivity contribution in [1.29, 1.82) is 0 Å². The van der Waals surface area contributed by atoms with Gasteiger partial charge in [0.25, 0.3) is 0 Å². The van der Waals surface area contributed by atoms with Gasteiger partial charge in [0.2, 0.25) is 0 Å². The average Bonchev–Trinajstić information content (AvgIpc) is 2.60. The molecular formula is C17H19NO8. The molecular weight excluding hydrogens is 346 g/mol. The number of hydrogen-bond donors (Lipinski definition) is 4. The number of rotatable bonds is 6. The molecule has 9 nitrogen and oxygen atoms in total. The highest BCUT2D eigenvalue weighted by Crippen LogP contribution is 2.52. The van der Waals surface area contributed by atoms with Crippen molar-refractivity contribution in [2.75, 3.05) is 0 Å². The Morgan fingerprint density at radius 1 is 1.08 bits per heavy atom. The smallest absolute Gasteiger partial charge is 0.328 e. The van der Waals surface area contributed by atoms with E-state index >= 15 is 0 Å². The molecule has 0 bridgehead atoms. The van der Waals surface area contributed by atoms with Gasteiger partial charge in [0.1, 0.15) is 0 Å². The summed E-state index contributed by atoms with van der Waals surface area (Å²) < 4.78 is 0. The molecule has 0 saturated heterocycles. The van der Waals surface area contributed by atoms with Crippen molar-refractivity contribution in [1.82, 2.24) is 0 Å². The van der Waals surface area contributed by atoms with Crippen molar-refractivity contribution in [3.8, 4) is 0 Å². The standard InChI is InChI=1S/C17H19NO8/c18-26-15(23)13-10(9-4-2-1-3-5-9)6-17(16(24)25,8-12(19)20)7-11(13)14(21)22/h1-5,10-11,13H,6-8,18H2,(H,19,20)(H,21,22)(H,24,25). The normalized spacial score (nSPS) is 28.1. The molecule has 0 amide bonds. The molecule has 0 aliphatic heterocycles. The van der Waals surface area contributed by atoms with Gasteiger partial charge in [0.15, 0.2) is 0 Å². The third-order valence-corrected chi connectivity index (χ3v) is 4.96. The summed E-state index contributed by atoms with van der Waals surface area (Å²) in [5.74, 6) is -3.71. The summed E-state index contributed by atoms with van der Waals surface area (Å²) >= 11 is 0. The van der Waals surface area contributed by atoms with Crippen LogP contribution in [0.2, 0.25) is 0 Å². The maximum Gasteiger partial charge on any atom is 0.328 e. The number of benzene rings is 1. The Bertz CT molecular complexity index is 719. The van der Waals surface area contributed by atoms with Gasteiger partial charge < -0.3 is 20.2 Å². The number of carbonyl (C=O) groups is 4. The van der Waals surface area contributed by atoms with Gasteiger partial charge in [0, 0.05) is 0 Å². The first-order chi connectivity index (χ1) is 12.2. The second-order valence-electron chi connectivity index (χ2n) is 6.49. The minimum atomic E-state index is -1.82. The van der Waals surface area contributed by atoms with Crippen LogP contribution >= 0.6 is 0 Å². The molecule has 1 fully saturated rings. The Morgan fingerprint density at radius 3 is 2.15 bits per heavy atom. The van der Waals surface area contributed by atoms with Gasteiger partial charge in [-0.3, -0.25) is 19.2 Å². The van der Waals surface area contributed by atoms with Gasteiger partial charge in [-0.25, -0.2) is 0 Å². The third-order valence-electron chi connectivity index (χ3n) is 4.96. The van der Waals surface area contributed by atoms with Crippen LogP contribution in [0.4, 0.5) is 0 Å². The van der Waals surface area contributed by atoms with Crippen LogP contribution in [-0.2, 0) is 24.0 Å². The number of hydrogen-bond acceptors (Lipinski definition) is 6. The van der Waals surface area contributed by atoms with Crippen molar-refractivity contribution in [2.45, 2.75) is 25.2 Å². The lowest BCUT2D eigenvalue weighted by molar-refractivity contribution is -0.172. The zero-order valence-corrected chi connectivity index (χ0v) is 13.7. The lowest BCUT2D eigenvalue weighted by atomic mass is 9.58. The summed E-state index contributed by atoms with van der Waals surface area (Å²) in [4.78, 5) is 51.4. The summed E-state index contributed by atoms with van der Waals surface area (Å²) in [7, 11) is 0. The van der Waals surface area contributed by atoms with Gasteiger partial charge in [-0.2, -0.15) is 5.90 Å². The Labute approximate surface area is 148 Å². The van der Waals surface area contributed by atoms with E-state index in [1.807, 2.05) is 0 Å². The van der Waals surface area contributed by atoms with Crippen molar-refractivity contribution in [3.63, 3.8) is 0 Å². The zero-order chi connectivity index (χ0) is 19.5. The van der Waals surface area contributed by atoms with Crippen molar-refractivity contribution >= 4 is 23.9 Å². The highest BCUT2D eigenvalue weighted by molar-refractivity contribution is 5.86. The van der Waals surface area contributed by atoms with Crippen LogP contribution in [-0.4, -0.2) is 39.2 Å². The van der Waals surface area contributed by atoms with Crippen LogP contribution in [0.25, 0.3) is 0 Å². The van der Waals surface area contributed by atoms with Gasteiger partial charge in [-0.05, 0) is 24.3 Å². The monoisotopic (exact) mass is 365 g/mol. The fourth-order valence-corrected chi connectivity index (χ4v) is 3.82. The molecule has 140 valence electrons. The van der Waals surface area contributed by atoms with E-state index < -0.39 is 59.9 Å². The highest BCUT2D eigenvalue weighted by atomic mass is 16.7. The van der Waals surface area contributed by atoms with E-state index in [0.717, 1.165) is 0 Å². The average molecular weight is 365 g/mol. The highest BCUT2D eigenvalue weighted by Gasteiger charge is 2.56. The molecule has 9 heteroatoms. The fourth-order valence-electron chi connectivity index (χ4n) is 3.82. The van der Waals surface area contributed by atoms with Gasteiger partial charge in [0.05, 0.1) is 23.7 Å². The Kier molecular flexibility index (Phi) is 5.61. The number of carboxylic acids is 3. The molecule has 0 heterocycles. The topological polar surface area (TPSA) is 164 Å². The molecule has 26 heavy (non-hydrogen) atoms. The summed E-state index contributed by atoms with van der Waals surface area (Å²) in [6, 6.07) is 8.27. The second-order valence-corrected chi connectivity index (χ2v) is 6.49. The molecule has 2 rings (SSSR count). The fraction of sp³-hybridized carbons (Fsp3) is 0.412. The summed E-state index contributed by atoms with van der Waals surface area (Å²) in [6.07, 6.45) is -1.48. The lowest BCUT2D eigenvalue weighted by Crippen LogP contribution is -2.49. The SMILES string of the molecule is NOC(=O)C1C(C(=O)O)CC(CC(=O)O)(C(=O)O)CC1c1ccccc1. The van der Waals surface area contributed by atoms with E-state index in [4.69, 9.17) is 11.0 Å². The molecule has 5 N–H and O–H groups in total. The lowest BCUT2D eigenvalue weighted by Gasteiger charge is -2.43.